The van der Waals surface area contributed by atoms with Crippen LogP contribution in [0.2, 0.25) is 0 Å². The summed E-state index contributed by atoms with van der Waals surface area (Å²) in [5, 5.41) is 8.88. The number of hydrogen-bond donors (Lipinski definition) is 2. The summed E-state index contributed by atoms with van der Waals surface area (Å²) in [6.07, 6.45) is 3.75. The SMILES string of the molecule is CCCCCC(=O)Nc1cccc(-c2csc(NC)n2)c1. The van der Waals surface area contributed by atoms with E-state index in [9.17, 15) is 4.79 Å². The van der Waals surface area contributed by atoms with Gasteiger partial charge in [0.1, 0.15) is 0 Å². The summed E-state index contributed by atoms with van der Waals surface area (Å²) in [5.74, 6) is 0.0785. The molecule has 21 heavy (non-hydrogen) atoms. The van der Waals surface area contributed by atoms with Gasteiger partial charge in [0.05, 0.1) is 5.69 Å². The van der Waals surface area contributed by atoms with Crippen molar-refractivity contribution < 1.29 is 4.79 Å². The lowest BCUT2D eigenvalue weighted by Gasteiger charge is -2.06. The summed E-state index contributed by atoms with van der Waals surface area (Å²) in [7, 11) is 1.86. The first-order valence-electron chi connectivity index (χ1n) is 7.26. The van der Waals surface area contributed by atoms with Crippen molar-refractivity contribution in [2.24, 2.45) is 0 Å². The number of amides is 1. The van der Waals surface area contributed by atoms with Crippen molar-refractivity contribution in [2.75, 3.05) is 17.7 Å². The van der Waals surface area contributed by atoms with Gasteiger partial charge >= 0.3 is 0 Å². The van der Waals surface area contributed by atoms with E-state index >= 15 is 0 Å². The lowest BCUT2D eigenvalue weighted by molar-refractivity contribution is -0.116. The van der Waals surface area contributed by atoms with E-state index in [-0.39, 0.29) is 5.91 Å². The standard InChI is InChI=1S/C16H21N3OS/c1-3-4-5-9-15(20)18-13-8-6-7-12(10-13)14-11-21-16(17-2)19-14/h6-8,10-11H,3-5,9H2,1-2H3,(H,17,19)(H,18,20). The zero-order valence-electron chi connectivity index (χ0n) is 12.5. The van der Waals surface area contributed by atoms with Crippen LogP contribution >= 0.6 is 11.3 Å². The number of benzene rings is 1. The largest absolute Gasteiger partial charge is 0.365 e. The fourth-order valence-electron chi connectivity index (χ4n) is 2.04. The summed E-state index contributed by atoms with van der Waals surface area (Å²) < 4.78 is 0. The Bertz CT molecular complexity index is 595. The number of carbonyl (C=O) groups excluding carboxylic acids is 1. The summed E-state index contributed by atoms with van der Waals surface area (Å²) in [4.78, 5) is 16.3. The fourth-order valence-corrected chi connectivity index (χ4v) is 2.72. The molecule has 0 atom stereocenters. The number of rotatable bonds is 7. The average Bonchev–Trinajstić information content (AvgIpc) is 2.97. The van der Waals surface area contributed by atoms with Gasteiger partial charge in [0.15, 0.2) is 5.13 Å². The predicted molar refractivity (Wildman–Crippen MR) is 89.9 cm³/mol. The van der Waals surface area contributed by atoms with Crippen molar-refractivity contribution in [3.05, 3.63) is 29.6 Å². The Morgan fingerprint density at radius 1 is 1.33 bits per heavy atom. The van der Waals surface area contributed by atoms with Gasteiger partial charge in [0, 0.05) is 30.1 Å². The average molecular weight is 303 g/mol. The van der Waals surface area contributed by atoms with Crippen LogP contribution in [0.3, 0.4) is 0 Å². The van der Waals surface area contributed by atoms with Crippen molar-refractivity contribution in [1.29, 1.82) is 0 Å². The molecule has 0 aliphatic rings. The van der Waals surface area contributed by atoms with Crippen LogP contribution in [0.25, 0.3) is 11.3 Å². The van der Waals surface area contributed by atoms with Gasteiger partial charge in [-0.3, -0.25) is 4.79 Å². The minimum absolute atomic E-state index is 0.0785. The molecule has 4 nitrogen and oxygen atoms in total. The van der Waals surface area contributed by atoms with E-state index in [1.165, 1.54) is 0 Å². The molecule has 1 aromatic heterocycles. The molecule has 0 aliphatic heterocycles. The second kappa shape index (κ2) is 7.78. The first kappa shape index (κ1) is 15.5. The Kier molecular flexibility index (Phi) is 5.75. The highest BCUT2D eigenvalue weighted by atomic mass is 32.1. The van der Waals surface area contributed by atoms with E-state index in [4.69, 9.17) is 0 Å². The summed E-state index contributed by atoms with van der Waals surface area (Å²) in [6.45, 7) is 2.13. The molecule has 2 rings (SSSR count). The summed E-state index contributed by atoms with van der Waals surface area (Å²) in [6, 6.07) is 7.81. The van der Waals surface area contributed by atoms with Gasteiger partial charge in [-0.1, -0.05) is 31.9 Å². The molecule has 0 saturated carbocycles. The van der Waals surface area contributed by atoms with Crippen molar-refractivity contribution in [2.45, 2.75) is 32.6 Å². The first-order valence-corrected chi connectivity index (χ1v) is 8.14. The maximum absolute atomic E-state index is 11.9. The molecule has 0 spiro atoms. The molecule has 1 aromatic carbocycles. The minimum Gasteiger partial charge on any atom is -0.365 e. The van der Waals surface area contributed by atoms with Crippen molar-refractivity contribution in [1.82, 2.24) is 4.98 Å². The van der Waals surface area contributed by atoms with Gasteiger partial charge in [-0.05, 0) is 18.6 Å². The molecule has 2 aromatic rings. The fraction of sp³-hybridized carbons (Fsp3) is 0.375. The Labute approximate surface area is 129 Å². The number of carbonyl (C=O) groups is 1. The van der Waals surface area contributed by atoms with Gasteiger partial charge < -0.3 is 10.6 Å². The molecule has 0 unspecified atom stereocenters. The van der Waals surface area contributed by atoms with Crippen LogP contribution in [0.5, 0.6) is 0 Å². The van der Waals surface area contributed by atoms with E-state index in [1.54, 1.807) is 11.3 Å². The Balaban J connectivity index is 2.02. The number of aromatic nitrogens is 1. The molecule has 1 heterocycles. The molecule has 5 heteroatoms. The minimum atomic E-state index is 0.0785. The van der Waals surface area contributed by atoms with E-state index in [1.807, 2.05) is 36.7 Å². The van der Waals surface area contributed by atoms with Gasteiger partial charge in [0.25, 0.3) is 0 Å². The maximum Gasteiger partial charge on any atom is 0.224 e. The second-order valence-electron chi connectivity index (χ2n) is 4.87. The van der Waals surface area contributed by atoms with Crippen LogP contribution in [0, 0.1) is 0 Å². The third kappa shape index (κ3) is 4.56. The maximum atomic E-state index is 11.9. The van der Waals surface area contributed by atoms with Crippen LogP contribution in [-0.2, 0) is 4.79 Å². The Morgan fingerprint density at radius 2 is 2.19 bits per heavy atom. The third-order valence-corrected chi connectivity index (χ3v) is 4.03. The zero-order chi connectivity index (χ0) is 15.1. The van der Waals surface area contributed by atoms with E-state index < -0.39 is 0 Å². The highest BCUT2D eigenvalue weighted by Crippen LogP contribution is 2.26. The highest BCUT2D eigenvalue weighted by molar-refractivity contribution is 7.14. The molecular weight excluding hydrogens is 282 g/mol. The summed E-state index contributed by atoms with van der Waals surface area (Å²) >= 11 is 1.57. The number of nitrogens with zero attached hydrogens (tertiary/aromatic N) is 1. The second-order valence-corrected chi connectivity index (χ2v) is 5.73. The lowest BCUT2D eigenvalue weighted by atomic mass is 10.1. The van der Waals surface area contributed by atoms with Gasteiger partial charge in [0.2, 0.25) is 5.91 Å². The topological polar surface area (TPSA) is 54.0 Å². The molecule has 1 amide bonds. The number of anilines is 2. The molecule has 0 bridgehead atoms. The lowest BCUT2D eigenvalue weighted by Crippen LogP contribution is -2.10. The molecule has 2 N–H and O–H groups in total. The number of nitrogens with one attached hydrogen (secondary N) is 2. The Morgan fingerprint density at radius 3 is 2.90 bits per heavy atom. The van der Waals surface area contributed by atoms with Crippen LogP contribution in [-0.4, -0.2) is 17.9 Å². The van der Waals surface area contributed by atoms with Gasteiger partial charge in [-0.2, -0.15) is 0 Å². The van der Waals surface area contributed by atoms with Crippen molar-refractivity contribution in [3.63, 3.8) is 0 Å². The van der Waals surface area contributed by atoms with E-state index in [0.717, 1.165) is 41.3 Å². The van der Waals surface area contributed by atoms with Gasteiger partial charge in [-0.15, -0.1) is 11.3 Å². The number of unbranched alkanes of at least 4 members (excludes halogenated alkanes) is 2. The van der Waals surface area contributed by atoms with Crippen LogP contribution in [0.4, 0.5) is 10.8 Å². The summed E-state index contributed by atoms with van der Waals surface area (Å²) in [5.41, 5.74) is 2.76. The first-order chi connectivity index (χ1) is 10.2. The number of thiazole rings is 1. The van der Waals surface area contributed by atoms with Crippen molar-refractivity contribution >= 4 is 28.1 Å². The molecule has 0 fully saturated rings. The zero-order valence-corrected chi connectivity index (χ0v) is 13.3. The molecular formula is C16H21N3OS. The molecule has 0 radical (unpaired) electrons. The monoisotopic (exact) mass is 303 g/mol. The number of hydrogen-bond acceptors (Lipinski definition) is 4. The van der Waals surface area contributed by atoms with E-state index in [2.05, 4.69) is 22.5 Å². The van der Waals surface area contributed by atoms with Gasteiger partial charge in [-0.25, -0.2) is 4.98 Å². The van der Waals surface area contributed by atoms with Crippen molar-refractivity contribution in [3.8, 4) is 11.3 Å². The normalized spacial score (nSPS) is 10.4. The molecule has 112 valence electrons. The quantitative estimate of drug-likeness (QED) is 0.747. The highest BCUT2D eigenvalue weighted by Gasteiger charge is 2.06. The third-order valence-electron chi connectivity index (χ3n) is 3.17. The molecule has 0 aliphatic carbocycles. The molecule has 0 saturated heterocycles. The van der Waals surface area contributed by atoms with E-state index in [0.29, 0.717) is 6.42 Å². The Hall–Kier alpha value is -1.88. The van der Waals surface area contributed by atoms with Crippen LogP contribution in [0.15, 0.2) is 29.6 Å². The predicted octanol–water partition coefficient (Wildman–Crippen LogP) is 4.37. The van der Waals surface area contributed by atoms with Crippen LogP contribution in [0.1, 0.15) is 32.6 Å². The smallest absolute Gasteiger partial charge is 0.224 e. The van der Waals surface area contributed by atoms with Crippen LogP contribution < -0.4 is 10.6 Å².